The number of carbonyl (C=O) groups excluding carboxylic acids is 2. The summed E-state index contributed by atoms with van der Waals surface area (Å²) in [5.41, 5.74) is 1.82. The molecule has 0 aliphatic carbocycles. The van der Waals surface area contributed by atoms with Gasteiger partial charge in [-0.3, -0.25) is 4.79 Å². The lowest BCUT2D eigenvalue weighted by Crippen LogP contribution is -2.34. The van der Waals surface area contributed by atoms with Gasteiger partial charge in [-0.05, 0) is 36.8 Å². The molecular weight excluding hydrogens is 342 g/mol. The number of anilines is 1. The highest BCUT2D eigenvalue weighted by Gasteiger charge is 2.29. The normalized spacial score (nSPS) is 16.3. The lowest BCUT2D eigenvalue weighted by atomic mass is 10.1. The van der Waals surface area contributed by atoms with E-state index in [-0.39, 0.29) is 17.9 Å². The second-order valence-corrected chi connectivity index (χ2v) is 6.62. The zero-order valence-corrected chi connectivity index (χ0v) is 15.5. The molecule has 2 N–H and O–H groups in total. The van der Waals surface area contributed by atoms with Gasteiger partial charge >= 0.3 is 6.03 Å². The van der Waals surface area contributed by atoms with Crippen LogP contribution in [0.2, 0.25) is 0 Å². The van der Waals surface area contributed by atoms with Crippen molar-refractivity contribution < 1.29 is 14.3 Å². The number of hydrogen-bond donors (Lipinski definition) is 2. The number of likely N-dealkylation sites (tertiary alicyclic amines) is 1. The van der Waals surface area contributed by atoms with E-state index >= 15 is 0 Å². The van der Waals surface area contributed by atoms with E-state index in [0.717, 1.165) is 11.3 Å². The minimum absolute atomic E-state index is 0.132. The van der Waals surface area contributed by atoms with Gasteiger partial charge in [0.1, 0.15) is 5.75 Å². The van der Waals surface area contributed by atoms with Crippen molar-refractivity contribution in [3.63, 3.8) is 0 Å². The van der Waals surface area contributed by atoms with Gasteiger partial charge in [0.15, 0.2) is 0 Å². The fraction of sp³-hybridized carbons (Fsp3) is 0.333. The molecule has 1 aliphatic rings. The monoisotopic (exact) mass is 367 g/mol. The van der Waals surface area contributed by atoms with Gasteiger partial charge in [0.2, 0.25) is 5.91 Å². The molecule has 0 saturated carbocycles. The molecule has 3 amide bonds. The fourth-order valence-corrected chi connectivity index (χ4v) is 3.16. The molecular formula is C21H25N3O3. The second-order valence-electron chi connectivity index (χ2n) is 6.62. The summed E-state index contributed by atoms with van der Waals surface area (Å²) in [6, 6.07) is 16.9. The molecule has 2 aromatic rings. The van der Waals surface area contributed by atoms with E-state index in [1.54, 1.807) is 12.1 Å². The van der Waals surface area contributed by atoms with Crippen molar-refractivity contribution in [3.05, 3.63) is 60.2 Å². The maximum Gasteiger partial charge on any atom is 0.319 e. The molecule has 6 nitrogen and oxygen atoms in total. The third-order valence-corrected chi connectivity index (χ3v) is 4.49. The van der Waals surface area contributed by atoms with E-state index < -0.39 is 0 Å². The SMILES string of the molecule is CCOc1ccc(NC(=O)NCC2CC(=O)N(Cc3ccccc3)C2)cc1. The fourth-order valence-electron chi connectivity index (χ4n) is 3.16. The van der Waals surface area contributed by atoms with E-state index in [4.69, 9.17) is 4.74 Å². The van der Waals surface area contributed by atoms with Crippen LogP contribution in [0.3, 0.4) is 0 Å². The maximum atomic E-state index is 12.2. The molecule has 142 valence electrons. The van der Waals surface area contributed by atoms with Gasteiger partial charge in [0, 0.05) is 37.7 Å². The molecule has 3 rings (SSSR count). The molecule has 0 radical (unpaired) electrons. The summed E-state index contributed by atoms with van der Waals surface area (Å²) >= 11 is 0. The number of carbonyl (C=O) groups is 2. The third kappa shape index (κ3) is 5.48. The first-order valence-corrected chi connectivity index (χ1v) is 9.23. The van der Waals surface area contributed by atoms with E-state index in [1.807, 2.05) is 54.3 Å². The minimum atomic E-state index is -0.270. The molecule has 6 heteroatoms. The number of rotatable bonds is 7. The molecule has 1 saturated heterocycles. The summed E-state index contributed by atoms with van der Waals surface area (Å²) in [6.07, 6.45) is 0.468. The van der Waals surface area contributed by atoms with Crippen LogP contribution in [0.4, 0.5) is 10.5 Å². The zero-order valence-electron chi connectivity index (χ0n) is 15.5. The largest absolute Gasteiger partial charge is 0.494 e. The summed E-state index contributed by atoms with van der Waals surface area (Å²) in [7, 11) is 0. The highest BCUT2D eigenvalue weighted by Crippen LogP contribution is 2.20. The lowest BCUT2D eigenvalue weighted by molar-refractivity contribution is -0.128. The smallest absolute Gasteiger partial charge is 0.319 e. The van der Waals surface area contributed by atoms with E-state index in [2.05, 4.69) is 10.6 Å². The second kappa shape index (κ2) is 9.07. The van der Waals surface area contributed by atoms with Gasteiger partial charge in [-0.1, -0.05) is 30.3 Å². The Morgan fingerprint density at radius 2 is 1.89 bits per heavy atom. The third-order valence-electron chi connectivity index (χ3n) is 4.49. The van der Waals surface area contributed by atoms with Gasteiger partial charge in [0.05, 0.1) is 6.61 Å². The van der Waals surface area contributed by atoms with Gasteiger partial charge < -0.3 is 20.3 Å². The Kier molecular flexibility index (Phi) is 6.30. The molecule has 1 atom stereocenters. The average Bonchev–Trinajstić information content (AvgIpc) is 3.02. The lowest BCUT2D eigenvalue weighted by Gasteiger charge is -2.17. The number of urea groups is 1. The van der Waals surface area contributed by atoms with E-state index in [0.29, 0.717) is 38.3 Å². The molecule has 1 unspecified atom stereocenters. The first kappa shape index (κ1) is 18.8. The Hall–Kier alpha value is -3.02. The molecule has 1 aliphatic heterocycles. The van der Waals surface area contributed by atoms with Crippen molar-refractivity contribution in [2.75, 3.05) is 25.0 Å². The summed E-state index contributed by atoms with van der Waals surface area (Å²) in [5, 5.41) is 5.65. The molecule has 27 heavy (non-hydrogen) atoms. The van der Waals surface area contributed by atoms with Crippen LogP contribution in [0.1, 0.15) is 18.9 Å². The predicted molar refractivity (Wildman–Crippen MR) is 105 cm³/mol. The maximum absolute atomic E-state index is 12.2. The number of nitrogens with zero attached hydrogens (tertiary/aromatic N) is 1. The van der Waals surface area contributed by atoms with Crippen LogP contribution in [-0.4, -0.2) is 36.5 Å². The quantitative estimate of drug-likeness (QED) is 0.789. The molecule has 2 aromatic carbocycles. The van der Waals surface area contributed by atoms with Gasteiger partial charge in [0.25, 0.3) is 0 Å². The van der Waals surface area contributed by atoms with Crippen LogP contribution in [-0.2, 0) is 11.3 Å². The molecule has 0 aromatic heterocycles. The Bertz CT molecular complexity index is 762. The summed E-state index contributed by atoms with van der Waals surface area (Å²) in [4.78, 5) is 26.1. The van der Waals surface area contributed by atoms with Gasteiger partial charge in [-0.2, -0.15) is 0 Å². The molecule has 1 fully saturated rings. The Morgan fingerprint density at radius 1 is 1.15 bits per heavy atom. The van der Waals surface area contributed by atoms with Gasteiger partial charge in [-0.15, -0.1) is 0 Å². The Morgan fingerprint density at radius 3 is 2.59 bits per heavy atom. The topological polar surface area (TPSA) is 70.7 Å². The predicted octanol–water partition coefficient (Wildman–Crippen LogP) is 3.26. The van der Waals surface area contributed by atoms with Gasteiger partial charge in [-0.25, -0.2) is 4.79 Å². The summed E-state index contributed by atoms with van der Waals surface area (Å²) < 4.78 is 5.38. The summed E-state index contributed by atoms with van der Waals surface area (Å²) in [6.45, 7) is 4.29. The van der Waals surface area contributed by atoms with Crippen molar-refractivity contribution in [2.24, 2.45) is 5.92 Å². The van der Waals surface area contributed by atoms with E-state index in [9.17, 15) is 9.59 Å². The van der Waals surface area contributed by atoms with Crippen LogP contribution in [0.15, 0.2) is 54.6 Å². The van der Waals surface area contributed by atoms with Crippen molar-refractivity contribution in [1.82, 2.24) is 10.2 Å². The zero-order chi connectivity index (χ0) is 19.1. The molecule has 0 spiro atoms. The van der Waals surface area contributed by atoms with Crippen molar-refractivity contribution in [1.29, 1.82) is 0 Å². The molecule has 1 heterocycles. The highest BCUT2D eigenvalue weighted by atomic mass is 16.5. The Balaban J connectivity index is 1.43. The van der Waals surface area contributed by atoms with Crippen LogP contribution in [0.5, 0.6) is 5.75 Å². The standard InChI is InChI=1S/C21H25N3O3/c1-2-27-19-10-8-18(9-11-19)23-21(26)22-13-17-12-20(25)24(15-17)14-16-6-4-3-5-7-16/h3-11,17H,2,12-15H2,1H3,(H2,22,23,26). The van der Waals surface area contributed by atoms with Crippen LogP contribution >= 0.6 is 0 Å². The number of ether oxygens (including phenoxy) is 1. The Labute approximate surface area is 159 Å². The van der Waals surface area contributed by atoms with Crippen LogP contribution < -0.4 is 15.4 Å². The van der Waals surface area contributed by atoms with E-state index in [1.165, 1.54) is 0 Å². The number of hydrogen-bond acceptors (Lipinski definition) is 3. The van der Waals surface area contributed by atoms with Crippen molar-refractivity contribution in [3.8, 4) is 5.75 Å². The van der Waals surface area contributed by atoms with Crippen molar-refractivity contribution in [2.45, 2.75) is 19.9 Å². The van der Waals surface area contributed by atoms with Crippen LogP contribution in [0.25, 0.3) is 0 Å². The number of nitrogens with one attached hydrogen (secondary N) is 2. The molecule has 0 bridgehead atoms. The number of benzene rings is 2. The summed E-state index contributed by atoms with van der Waals surface area (Å²) in [5.74, 6) is 1.04. The number of amides is 3. The minimum Gasteiger partial charge on any atom is -0.494 e. The average molecular weight is 367 g/mol. The first-order valence-electron chi connectivity index (χ1n) is 9.23. The highest BCUT2D eigenvalue weighted by molar-refractivity contribution is 5.89. The van der Waals surface area contributed by atoms with Crippen LogP contribution in [0, 0.1) is 5.92 Å². The first-order chi connectivity index (χ1) is 13.1. The van der Waals surface area contributed by atoms with Crippen molar-refractivity contribution >= 4 is 17.6 Å².